The number of hydrogen-bond donors (Lipinski definition) is 1. The lowest BCUT2D eigenvalue weighted by Gasteiger charge is -2.36. The highest BCUT2D eigenvalue weighted by atomic mass is 32.2. The van der Waals surface area contributed by atoms with Gasteiger partial charge in [-0.3, -0.25) is 0 Å². The summed E-state index contributed by atoms with van der Waals surface area (Å²) < 4.78 is 26.6. The van der Waals surface area contributed by atoms with Crippen molar-refractivity contribution in [1.82, 2.24) is 4.31 Å². The molecule has 5 heteroatoms. The second-order valence-electron chi connectivity index (χ2n) is 6.31. The second-order valence-corrected chi connectivity index (χ2v) is 8.39. The van der Waals surface area contributed by atoms with Crippen LogP contribution in [0.25, 0.3) is 0 Å². The molecule has 2 N–H and O–H groups in total. The highest BCUT2D eigenvalue weighted by Crippen LogP contribution is 2.28. The first-order valence-corrected chi connectivity index (χ1v) is 9.33. The molecule has 0 radical (unpaired) electrons. The van der Waals surface area contributed by atoms with Crippen LogP contribution in [0.4, 0.5) is 0 Å². The van der Waals surface area contributed by atoms with Crippen molar-refractivity contribution in [2.75, 3.05) is 12.8 Å². The van der Waals surface area contributed by atoms with Gasteiger partial charge in [0.2, 0.25) is 10.0 Å². The third-order valence-corrected chi connectivity index (χ3v) is 6.90. The van der Waals surface area contributed by atoms with Crippen LogP contribution in [-0.2, 0) is 10.0 Å². The zero-order chi connectivity index (χ0) is 13.9. The van der Waals surface area contributed by atoms with Crippen molar-refractivity contribution in [2.45, 2.75) is 69.9 Å². The van der Waals surface area contributed by atoms with E-state index in [1.165, 1.54) is 19.3 Å². The molecule has 0 saturated heterocycles. The average molecular weight is 288 g/mol. The van der Waals surface area contributed by atoms with Gasteiger partial charge in [0.1, 0.15) is 0 Å². The predicted octanol–water partition coefficient (Wildman–Crippen LogP) is 2.10. The first-order valence-electron chi connectivity index (χ1n) is 7.72. The van der Waals surface area contributed by atoms with E-state index in [1.807, 2.05) is 0 Å². The zero-order valence-electron chi connectivity index (χ0n) is 12.1. The van der Waals surface area contributed by atoms with E-state index in [4.69, 9.17) is 5.73 Å². The Morgan fingerprint density at radius 2 is 1.58 bits per heavy atom. The largest absolute Gasteiger partial charge is 0.326 e. The van der Waals surface area contributed by atoms with Gasteiger partial charge in [0, 0.05) is 19.1 Å². The van der Waals surface area contributed by atoms with Gasteiger partial charge in [-0.1, -0.05) is 32.1 Å². The topological polar surface area (TPSA) is 63.4 Å². The molecule has 0 aromatic rings. The normalized spacial score (nSPS) is 30.7. The van der Waals surface area contributed by atoms with Crippen molar-refractivity contribution in [3.8, 4) is 0 Å². The summed E-state index contributed by atoms with van der Waals surface area (Å²) in [7, 11) is -1.41. The number of nitrogens with two attached hydrogens (primary N) is 1. The van der Waals surface area contributed by atoms with Crippen molar-refractivity contribution in [1.29, 1.82) is 0 Å². The first kappa shape index (κ1) is 15.3. The fourth-order valence-corrected chi connectivity index (χ4v) is 5.41. The minimum Gasteiger partial charge on any atom is -0.326 e. The molecule has 0 spiro atoms. The Balaban J connectivity index is 1.97. The fraction of sp³-hybridized carbons (Fsp3) is 1.00. The smallest absolute Gasteiger partial charge is 0.214 e. The highest BCUT2D eigenvalue weighted by Gasteiger charge is 2.33. The average Bonchev–Trinajstić information content (AvgIpc) is 2.39. The Bertz CT molecular complexity index is 377. The Hall–Kier alpha value is -0.130. The molecule has 2 rings (SSSR count). The maximum atomic E-state index is 12.5. The Kier molecular flexibility index (Phi) is 5.26. The Morgan fingerprint density at radius 3 is 2.21 bits per heavy atom. The molecular weight excluding hydrogens is 260 g/mol. The molecular formula is C14H28N2O2S. The van der Waals surface area contributed by atoms with Gasteiger partial charge in [-0.25, -0.2) is 12.7 Å². The van der Waals surface area contributed by atoms with Crippen molar-refractivity contribution in [3.63, 3.8) is 0 Å². The molecule has 2 fully saturated rings. The van der Waals surface area contributed by atoms with Gasteiger partial charge in [-0.05, 0) is 31.6 Å². The molecule has 2 atom stereocenters. The van der Waals surface area contributed by atoms with Crippen LogP contribution < -0.4 is 5.73 Å². The summed E-state index contributed by atoms with van der Waals surface area (Å²) in [5.74, 6) is 0.688. The molecule has 2 saturated carbocycles. The number of rotatable bonds is 4. The number of nitrogens with zero attached hydrogens (tertiary/aromatic N) is 1. The van der Waals surface area contributed by atoms with E-state index in [2.05, 4.69) is 0 Å². The molecule has 0 aromatic carbocycles. The summed E-state index contributed by atoms with van der Waals surface area (Å²) in [4.78, 5) is 0. The molecule has 2 aliphatic rings. The molecule has 0 aliphatic heterocycles. The zero-order valence-corrected chi connectivity index (χ0v) is 12.9. The molecule has 0 heterocycles. The van der Waals surface area contributed by atoms with Crippen LogP contribution >= 0.6 is 0 Å². The maximum Gasteiger partial charge on any atom is 0.214 e. The molecule has 0 bridgehead atoms. The lowest BCUT2D eigenvalue weighted by atomic mass is 9.91. The quantitative estimate of drug-likeness (QED) is 0.861. The second kappa shape index (κ2) is 6.55. The minimum atomic E-state index is -3.14. The number of hydrogen-bond acceptors (Lipinski definition) is 3. The maximum absolute atomic E-state index is 12.5. The summed E-state index contributed by atoms with van der Waals surface area (Å²) >= 11 is 0. The molecule has 4 nitrogen and oxygen atoms in total. The van der Waals surface area contributed by atoms with Gasteiger partial charge >= 0.3 is 0 Å². The Morgan fingerprint density at radius 1 is 1.00 bits per heavy atom. The number of likely N-dealkylation sites (N-methyl/N-ethyl adjacent to an activating group) is 1. The van der Waals surface area contributed by atoms with Gasteiger partial charge in [0.15, 0.2) is 0 Å². The van der Waals surface area contributed by atoms with Crippen LogP contribution in [0.3, 0.4) is 0 Å². The van der Waals surface area contributed by atoms with E-state index >= 15 is 0 Å². The van der Waals surface area contributed by atoms with Crippen LogP contribution in [0, 0.1) is 5.92 Å². The fourth-order valence-electron chi connectivity index (χ4n) is 3.57. The highest BCUT2D eigenvalue weighted by molar-refractivity contribution is 7.89. The summed E-state index contributed by atoms with van der Waals surface area (Å²) in [6.07, 6.45) is 9.89. The van der Waals surface area contributed by atoms with E-state index in [-0.39, 0.29) is 12.1 Å². The molecule has 0 amide bonds. The van der Waals surface area contributed by atoms with Crippen LogP contribution in [-0.4, -0.2) is 37.6 Å². The summed E-state index contributed by atoms with van der Waals surface area (Å²) in [5.41, 5.74) is 6.10. The van der Waals surface area contributed by atoms with Gasteiger partial charge in [-0.15, -0.1) is 0 Å². The lowest BCUT2D eigenvalue weighted by Crippen LogP contribution is -2.51. The van der Waals surface area contributed by atoms with Gasteiger partial charge in [0.05, 0.1) is 5.75 Å². The lowest BCUT2D eigenvalue weighted by molar-refractivity contribution is 0.249. The minimum absolute atomic E-state index is 0.0138. The van der Waals surface area contributed by atoms with Gasteiger partial charge in [0.25, 0.3) is 0 Å². The van der Waals surface area contributed by atoms with Crippen LogP contribution in [0.15, 0.2) is 0 Å². The summed E-state index contributed by atoms with van der Waals surface area (Å²) in [5, 5.41) is 0. The monoisotopic (exact) mass is 288 g/mol. The van der Waals surface area contributed by atoms with E-state index < -0.39 is 10.0 Å². The van der Waals surface area contributed by atoms with Gasteiger partial charge in [-0.2, -0.15) is 0 Å². The third kappa shape index (κ3) is 3.92. The molecule has 19 heavy (non-hydrogen) atoms. The summed E-state index contributed by atoms with van der Waals surface area (Å²) in [6.45, 7) is 0. The van der Waals surface area contributed by atoms with E-state index in [1.54, 1.807) is 11.4 Å². The molecule has 2 aliphatic carbocycles. The first-order chi connectivity index (χ1) is 9.00. The predicted molar refractivity (Wildman–Crippen MR) is 78.4 cm³/mol. The third-order valence-electron chi connectivity index (χ3n) is 4.86. The van der Waals surface area contributed by atoms with Crippen LogP contribution in [0.1, 0.15) is 57.8 Å². The number of sulfonamides is 1. The standard InChI is InChI=1S/C14H28N2O2S/c1-16(14-10-6-5-9-13(14)15)19(17,18)11-12-7-3-2-4-8-12/h12-14H,2-11,15H2,1H3. The molecule has 0 aromatic heterocycles. The van der Waals surface area contributed by atoms with Crippen molar-refractivity contribution < 1.29 is 8.42 Å². The van der Waals surface area contributed by atoms with Crippen molar-refractivity contribution >= 4 is 10.0 Å². The summed E-state index contributed by atoms with van der Waals surface area (Å²) in [6, 6.07) is 0.0298. The molecule has 112 valence electrons. The SMILES string of the molecule is CN(C1CCCCC1N)S(=O)(=O)CC1CCCCC1. The van der Waals surface area contributed by atoms with Crippen molar-refractivity contribution in [3.05, 3.63) is 0 Å². The van der Waals surface area contributed by atoms with E-state index in [0.717, 1.165) is 38.5 Å². The van der Waals surface area contributed by atoms with Gasteiger partial charge < -0.3 is 5.73 Å². The molecule has 2 unspecified atom stereocenters. The van der Waals surface area contributed by atoms with E-state index in [9.17, 15) is 8.42 Å². The van der Waals surface area contributed by atoms with Crippen LogP contribution in [0.2, 0.25) is 0 Å². The van der Waals surface area contributed by atoms with Crippen molar-refractivity contribution in [2.24, 2.45) is 11.7 Å². The van der Waals surface area contributed by atoms with E-state index in [0.29, 0.717) is 11.7 Å². The Labute approximate surface area is 117 Å². The van der Waals surface area contributed by atoms with Crippen LogP contribution in [0.5, 0.6) is 0 Å².